The average molecular weight is 606 g/mol. The molecule has 3 rings (SSSR count). The average Bonchev–Trinajstić information content (AvgIpc) is 3.46. The second-order valence-electron chi connectivity index (χ2n) is 10.6. The molecule has 0 aliphatic heterocycles. The van der Waals surface area contributed by atoms with Crippen LogP contribution in [-0.2, 0) is 17.6 Å². The number of carbonyl (C=O) groups is 1. The van der Waals surface area contributed by atoms with E-state index in [1.165, 1.54) is 11.3 Å². The van der Waals surface area contributed by atoms with Crippen molar-refractivity contribution < 1.29 is 24.9 Å². The molecule has 0 bridgehead atoms. The lowest BCUT2D eigenvalue weighted by molar-refractivity contribution is -0.0209. The van der Waals surface area contributed by atoms with E-state index in [2.05, 4.69) is 0 Å². The van der Waals surface area contributed by atoms with Gasteiger partial charge in [0.2, 0.25) is 0 Å². The van der Waals surface area contributed by atoms with Gasteiger partial charge in [0.15, 0.2) is 0 Å². The van der Waals surface area contributed by atoms with Crippen LogP contribution in [0.3, 0.4) is 0 Å². The third-order valence-electron chi connectivity index (χ3n) is 7.73. The first-order valence-electron chi connectivity index (χ1n) is 13.4. The number of alkyl halides is 1. The smallest absolute Gasteiger partial charge is 0.348 e. The van der Waals surface area contributed by atoms with Crippen molar-refractivity contribution >= 4 is 52.1 Å². The molecule has 1 heterocycles. The molecular weight excluding hydrogens is 567 g/mol. The van der Waals surface area contributed by atoms with Crippen LogP contribution >= 0.6 is 46.1 Å². The monoisotopic (exact) mass is 604 g/mol. The van der Waals surface area contributed by atoms with E-state index in [4.69, 9.17) is 39.5 Å². The van der Waals surface area contributed by atoms with E-state index in [9.17, 15) is 20.1 Å². The highest BCUT2D eigenvalue weighted by Gasteiger charge is 2.40. The molecule has 1 aliphatic carbocycles. The van der Waals surface area contributed by atoms with Crippen LogP contribution in [0.5, 0.6) is 0 Å². The molecular formula is C29H39Cl3O5S. The Kier molecular flexibility index (Phi) is 12.7. The molecule has 2 aromatic rings. The summed E-state index contributed by atoms with van der Waals surface area (Å²) < 4.78 is 5.48. The second-order valence-corrected chi connectivity index (χ2v) is 13.2. The molecule has 0 amide bonds. The van der Waals surface area contributed by atoms with Crippen molar-refractivity contribution in [2.75, 3.05) is 19.8 Å². The van der Waals surface area contributed by atoms with Gasteiger partial charge in [-0.1, -0.05) is 43.0 Å². The topological polar surface area (TPSA) is 87.0 Å². The number of aliphatic hydroxyl groups is 3. The van der Waals surface area contributed by atoms with Crippen LogP contribution in [0.4, 0.5) is 0 Å². The van der Waals surface area contributed by atoms with Gasteiger partial charge < -0.3 is 20.1 Å². The lowest BCUT2D eigenvalue weighted by Gasteiger charge is -2.28. The number of aryl methyl sites for hydroxylation is 2. The fraction of sp³-hybridized carbons (Fsp3) is 0.621. The van der Waals surface area contributed by atoms with Crippen molar-refractivity contribution in [3.8, 4) is 0 Å². The van der Waals surface area contributed by atoms with Crippen molar-refractivity contribution in [3.05, 3.63) is 55.7 Å². The van der Waals surface area contributed by atoms with Crippen molar-refractivity contribution in [3.63, 3.8) is 0 Å². The highest BCUT2D eigenvalue weighted by Crippen LogP contribution is 2.42. The fourth-order valence-electron chi connectivity index (χ4n) is 5.37. The third kappa shape index (κ3) is 8.82. The molecule has 1 aromatic heterocycles. The standard InChI is InChI=1S/C29H39Cl3O5S/c1-2-3-11-29(16-33,17-34)18-37-28(36)27-10-8-22(38-27)5-4-6-23-24(26(35)15-25(23)32)9-7-19-12-20(30)14-21(31)13-19/h8,10,12-14,23-26,33-35H,2-7,9,11,15-18H2,1H3/t23-,24-,25-,26-/m1/s1. The molecule has 0 radical (unpaired) electrons. The Hall–Kier alpha value is -0.860. The zero-order valence-corrected chi connectivity index (χ0v) is 25.0. The summed E-state index contributed by atoms with van der Waals surface area (Å²) in [4.78, 5) is 14.2. The number of hydrogen-bond acceptors (Lipinski definition) is 6. The maximum absolute atomic E-state index is 12.6. The first-order valence-corrected chi connectivity index (χ1v) is 15.5. The van der Waals surface area contributed by atoms with Crippen molar-refractivity contribution in [1.29, 1.82) is 0 Å². The number of rotatable bonds is 15. The predicted molar refractivity (Wildman–Crippen MR) is 156 cm³/mol. The van der Waals surface area contributed by atoms with Gasteiger partial charge in [-0.25, -0.2) is 4.79 Å². The molecule has 38 heavy (non-hydrogen) atoms. The summed E-state index contributed by atoms with van der Waals surface area (Å²) >= 11 is 20.4. The summed E-state index contributed by atoms with van der Waals surface area (Å²) in [6.07, 6.45) is 6.80. The number of thiophene rings is 1. The Morgan fingerprint density at radius 3 is 2.42 bits per heavy atom. The molecule has 1 aromatic carbocycles. The van der Waals surface area contributed by atoms with Crippen LogP contribution in [-0.4, -0.2) is 52.6 Å². The van der Waals surface area contributed by atoms with E-state index in [0.29, 0.717) is 27.8 Å². The number of carbonyl (C=O) groups excluding carboxylic acids is 1. The molecule has 212 valence electrons. The number of unbranched alkanes of at least 4 members (excludes halogenated alkanes) is 1. The summed E-state index contributed by atoms with van der Waals surface area (Å²) in [6, 6.07) is 9.28. The Bertz CT molecular complexity index is 1010. The van der Waals surface area contributed by atoms with Gasteiger partial charge in [-0.3, -0.25) is 0 Å². The molecule has 0 saturated heterocycles. The number of aliphatic hydroxyl groups excluding tert-OH is 3. The van der Waals surface area contributed by atoms with Crippen LogP contribution in [0.1, 0.15) is 72.0 Å². The lowest BCUT2D eigenvalue weighted by atomic mass is 9.85. The molecule has 1 aliphatic rings. The van der Waals surface area contributed by atoms with Crippen molar-refractivity contribution in [2.45, 2.75) is 76.2 Å². The maximum Gasteiger partial charge on any atom is 0.348 e. The fourth-order valence-corrected chi connectivity index (χ4v) is 7.38. The number of esters is 1. The second kappa shape index (κ2) is 15.2. The number of hydrogen-bond donors (Lipinski definition) is 3. The van der Waals surface area contributed by atoms with Crippen LogP contribution in [0.15, 0.2) is 30.3 Å². The van der Waals surface area contributed by atoms with Gasteiger partial charge >= 0.3 is 5.97 Å². The number of halogens is 3. The van der Waals surface area contributed by atoms with E-state index in [0.717, 1.165) is 55.4 Å². The molecule has 0 unspecified atom stereocenters. The first-order chi connectivity index (χ1) is 18.2. The van der Waals surface area contributed by atoms with E-state index < -0.39 is 17.5 Å². The summed E-state index contributed by atoms with van der Waals surface area (Å²) in [5.74, 6) is -0.0842. The summed E-state index contributed by atoms with van der Waals surface area (Å²) in [5.41, 5.74) is 0.260. The highest BCUT2D eigenvalue weighted by atomic mass is 35.5. The minimum absolute atomic E-state index is 0.00400. The normalized spacial score (nSPS) is 21.7. The third-order valence-corrected chi connectivity index (χ3v) is 9.79. The highest BCUT2D eigenvalue weighted by molar-refractivity contribution is 7.13. The molecule has 1 fully saturated rings. The van der Waals surface area contributed by atoms with Gasteiger partial charge in [0.05, 0.1) is 24.7 Å². The van der Waals surface area contributed by atoms with Gasteiger partial charge in [-0.2, -0.15) is 0 Å². The molecule has 9 heteroatoms. The summed E-state index contributed by atoms with van der Waals surface area (Å²) in [6.45, 7) is 1.59. The summed E-state index contributed by atoms with van der Waals surface area (Å²) in [7, 11) is 0. The van der Waals surface area contributed by atoms with Gasteiger partial charge in [-0.15, -0.1) is 22.9 Å². The molecule has 3 N–H and O–H groups in total. The first kappa shape index (κ1) is 31.7. The van der Waals surface area contributed by atoms with Crippen LogP contribution in [0.2, 0.25) is 10.0 Å². The van der Waals surface area contributed by atoms with E-state index >= 15 is 0 Å². The quantitative estimate of drug-likeness (QED) is 0.151. The van der Waals surface area contributed by atoms with Crippen molar-refractivity contribution in [2.24, 2.45) is 17.3 Å². The Morgan fingerprint density at radius 1 is 1.05 bits per heavy atom. The van der Waals surface area contributed by atoms with Crippen LogP contribution < -0.4 is 0 Å². The molecule has 4 atom stereocenters. The van der Waals surface area contributed by atoms with Gasteiger partial charge in [0.25, 0.3) is 0 Å². The van der Waals surface area contributed by atoms with Gasteiger partial charge in [0.1, 0.15) is 11.5 Å². The molecule has 5 nitrogen and oxygen atoms in total. The summed E-state index contributed by atoms with van der Waals surface area (Å²) in [5, 5.41) is 31.4. The molecule has 1 saturated carbocycles. The lowest BCUT2D eigenvalue weighted by Crippen LogP contribution is -2.36. The largest absolute Gasteiger partial charge is 0.461 e. The zero-order valence-electron chi connectivity index (χ0n) is 21.9. The van der Waals surface area contributed by atoms with Gasteiger partial charge in [-0.05, 0) is 92.7 Å². The minimum atomic E-state index is -0.800. The zero-order chi connectivity index (χ0) is 27.7. The maximum atomic E-state index is 12.6. The molecule has 0 spiro atoms. The van der Waals surface area contributed by atoms with Crippen molar-refractivity contribution in [1.82, 2.24) is 0 Å². The Balaban J connectivity index is 1.50. The van der Waals surface area contributed by atoms with E-state index in [-0.39, 0.29) is 37.0 Å². The predicted octanol–water partition coefficient (Wildman–Crippen LogP) is 6.93. The van der Waals surface area contributed by atoms with Gasteiger partial charge in [0, 0.05) is 20.3 Å². The number of ether oxygens (including phenoxy) is 1. The van der Waals surface area contributed by atoms with E-state index in [1.54, 1.807) is 12.1 Å². The Morgan fingerprint density at radius 2 is 1.76 bits per heavy atom. The number of benzene rings is 1. The SMILES string of the molecule is CCCCC(CO)(CO)COC(=O)c1ccc(CCC[C@@H]2[C@@H](CCc3cc(Cl)cc(Cl)c3)[C@H](O)C[C@H]2Cl)s1. The minimum Gasteiger partial charge on any atom is -0.461 e. The van der Waals surface area contributed by atoms with E-state index in [1.807, 2.05) is 25.1 Å². The Labute approximate surface area is 245 Å². The van der Waals surface area contributed by atoms with Crippen LogP contribution in [0.25, 0.3) is 0 Å². The van der Waals surface area contributed by atoms with Crippen LogP contribution in [0, 0.1) is 17.3 Å².